The summed E-state index contributed by atoms with van der Waals surface area (Å²) in [6.07, 6.45) is 1.70. The fraction of sp³-hybridized carbons (Fsp3) is 0.172. The summed E-state index contributed by atoms with van der Waals surface area (Å²) in [6.45, 7) is 4.17. The number of hydrogen-bond acceptors (Lipinski definition) is 2. The molecule has 0 bridgehead atoms. The van der Waals surface area contributed by atoms with Crippen molar-refractivity contribution in [1.29, 1.82) is 0 Å². The van der Waals surface area contributed by atoms with Crippen molar-refractivity contribution in [3.05, 3.63) is 118 Å². The third kappa shape index (κ3) is 2.71. The minimum absolute atomic E-state index is 0.254. The summed E-state index contributed by atoms with van der Waals surface area (Å²) < 4.78 is 0. The summed E-state index contributed by atoms with van der Waals surface area (Å²) in [7, 11) is 0. The maximum Gasteiger partial charge on any atom is 0.120 e. The van der Waals surface area contributed by atoms with Gasteiger partial charge >= 0.3 is 0 Å². The first kappa shape index (κ1) is 19.4. The topological polar surface area (TPSA) is 40.5 Å². The highest BCUT2D eigenvalue weighted by atomic mass is 16.3. The quantitative estimate of drug-likeness (QED) is 0.354. The van der Waals surface area contributed by atoms with Crippen LogP contribution in [0, 0.1) is 0 Å². The Hall–Kier alpha value is -3.52. The summed E-state index contributed by atoms with van der Waals surface area (Å²) in [5.74, 6) is 0.509. The predicted molar refractivity (Wildman–Crippen MR) is 126 cm³/mol. The van der Waals surface area contributed by atoms with Gasteiger partial charge in [-0.1, -0.05) is 86.6 Å². The van der Waals surface area contributed by atoms with Crippen LogP contribution in [-0.2, 0) is 18.3 Å². The maximum atomic E-state index is 11.3. The van der Waals surface area contributed by atoms with Crippen molar-refractivity contribution in [3.8, 4) is 22.6 Å². The van der Waals surface area contributed by atoms with Crippen LogP contribution in [0.4, 0.5) is 0 Å². The molecule has 0 amide bonds. The van der Waals surface area contributed by atoms with E-state index in [4.69, 9.17) is 0 Å². The molecule has 0 aromatic heterocycles. The van der Waals surface area contributed by atoms with Crippen LogP contribution in [0.3, 0.4) is 0 Å². The lowest BCUT2D eigenvalue weighted by atomic mass is 9.66. The first-order valence-corrected chi connectivity index (χ1v) is 10.9. The first-order valence-electron chi connectivity index (χ1n) is 10.9. The second kappa shape index (κ2) is 7.31. The molecule has 0 saturated carbocycles. The van der Waals surface area contributed by atoms with Crippen molar-refractivity contribution >= 4 is 0 Å². The number of phenols is 2. The molecule has 0 saturated heterocycles. The molecule has 31 heavy (non-hydrogen) atoms. The van der Waals surface area contributed by atoms with E-state index in [2.05, 4.69) is 50.2 Å². The molecular formula is C29H26O2. The van der Waals surface area contributed by atoms with Crippen molar-refractivity contribution in [2.75, 3.05) is 0 Å². The van der Waals surface area contributed by atoms with Gasteiger partial charge in [0.15, 0.2) is 0 Å². The van der Waals surface area contributed by atoms with Crippen molar-refractivity contribution in [1.82, 2.24) is 0 Å². The molecule has 0 unspecified atom stereocenters. The zero-order valence-electron chi connectivity index (χ0n) is 17.9. The van der Waals surface area contributed by atoms with Crippen molar-refractivity contribution < 1.29 is 10.2 Å². The van der Waals surface area contributed by atoms with E-state index in [1.165, 1.54) is 0 Å². The second-order valence-electron chi connectivity index (χ2n) is 8.25. The van der Waals surface area contributed by atoms with Gasteiger partial charge in [-0.25, -0.2) is 0 Å². The lowest BCUT2D eigenvalue weighted by Crippen LogP contribution is -2.29. The van der Waals surface area contributed by atoms with Crippen molar-refractivity contribution in [2.24, 2.45) is 0 Å². The third-order valence-electron chi connectivity index (χ3n) is 6.70. The average molecular weight is 407 g/mol. The lowest BCUT2D eigenvalue weighted by molar-refractivity contribution is 0.447. The molecule has 0 aliphatic heterocycles. The highest BCUT2D eigenvalue weighted by Gasteiger charge is 2.48. The Kier molecular flexibility index (Phi) is 4.59. The number of aromatic hydroxyl groups is 2. The monoisotopic (exact) mass is 406 g/mol. The van der Waals surface area contributed by atoms with Gasteiger partial charge in [-0.15, -0.1) is 0 Å². The Morgan fingerprint density at radius 3 is 1.35 bits per heavy atom. The molecule has 0 heterocycles. The lowest BCUT2D eigenvalue weighted by Gasteiger charge is -2.35. The van der Waals surface area contributed by atoms with Crippen LogP contribution in [0.15, 0.2) is 84.9 Å². The van der Waals surface area contributed by atoms with E-state index in [1.54, 1.807) is 0 Å². The molecule has 5 rings (SSSR count). The summed E-state index contributed by atoms with van der Waals surface area (Å²) in [5, 5.41) is 22.5. The van der Waals surface area contributed by atoms with Crippen LogP contribution in [0.25, 0.3) is 11.1 Å². The van der Waals surface area contributed by atoms with Crippen molar-refractivity contribution in [2.45, 2.75) is 32.1 Å². The zero-order valence-corrected chi connectivity index (χ0v) is 17.9. The maximum absolute atomic E-state index is 11.3. The van der Waals surface area contributed by atoms with Crippen LogP contribution >= 0.6 is 0 Å². The normalized spacial score (nSPS) is 13.6. The molecule has 0 atom stereocenters. The van der Waals surface area contributed by atoms with Gasteiger partial charge in [-0.05, 0) is 58.4 Å². The van der Waals surface area contributed by atoms with Crippen LogP contribution in [0.5, 0.6) is 11.5 Å². The molecule has 2 nitrogen and oxygen atoms in total. The summed E-state index contributed by atoms with van der Waals surface area (Å²) in [5.41, 5.74) is 7.39. The molecule has 4 aromatic rings. The number of phenolic OH excluding ortho intramolecular Hbond substituents is 2. The van der Waals surface area contributed by atoms with E-state index in [0.717, 1.165) is 57.3 Å². The number of aryl methyl sites for hydroxylation is 2. The van der Waals surface area contributed by atoms with Gasteiger partial charge in [0, 0.05) is 11.1 Å². The van der Waals surface area contributed by atoms with E-state index in [0.29, 0.717) is 0 Å². The molecule has 1 aliphatic rings. The van der Waals surface area contributed by atoms with Gasteiger partial charge in [0.05, 0.1) is 5.41 Å². The summed E-state index contributed by atoms with van der Waals surface area (Å²) in [4.78, 5) is 0. The van der Waals surface area contributed by atoms with Gasteiger partial charge in [0.25, 0.3) is 0 Å². The smallest absolute Gasteiger partial charge is 0.120 e. The van der Waals surface area contributed by atoms with E-state index in [1.807, 2.05) is 48.5 Å². The fourth-order valence-corrected chi connectivity index (χ4v) is 5.19. The van der Waals surface area contributed by atoms with Crippen molar-refractivity contribution in [3.63, 3.8) is 0 Å². The minimum Gasteiger partial charge on any atom is -0.508 e. The summed E-state index contributed by atoms with van der Waals surface area (Å²) >= 11 is 0. The first-order chi connectivity index (χ1) is 15.1. The van der Waals surface area contributed by atoms with Crippen LogP contribution in [0.2, 0.25) is 0 Å². The molecular weight excluding hydrogens is 380 g/mol. The number of benzene rings is 4. The largest absolute Gasteiger partial charge is 0.508 e. The van der Waals surface area contributed by atoms with Crippen LogP contribution in [0.1, 0.15) is 47.2 Å². The van der Waals surface area contributed by atoms with E-state index in [9.17, 15) is 10.2 Å². The minimum atomic E-state index is -0.792. The molecule has 0 fully saturated rings. The van der Waals surface area contributed by atoms with Gasteiger partial charge in [0.1, 0.15) is 11.5 Å². The van der Waals surface area contributed by atoms with Gasteiger partial charge < -0.3 is 10.2 Å². The molecule has 0 radical (unpaired) electrons. The zero-order chi connectivity index (χ0) is 21.6. The predicted octanol–water partition coefficient (Wildman–Crippen LogP) is 6.59. The Morgan fingerprint density at radius 2 is 0.968 bits per heavy atom. The average Bonchev–Trinajstić information content (AvgIpc) is 3.10. The standard InChI is InChI=1S/C29H26O2/c1-3-19-13-15-25(27(30)17-19)29(26-16-14-20(4-2)18-28(26)31)23-11-7-5-9-21(23)22-10-6-8-12-24(22)29/h5-18,30-31H,3-4H2,1-2H3. The Labute approximate surface area is 183 Å². The Morgan fingerprint density at radius 1 is 0.548 bits per heavy atom. The third-order valence-corrected chi connectivity index (χ3v) is 6.70. The van der Waals surface area contributed by atoms with E-state index in [-0.39, 0.29) is 11.5 Å². The van der Waals surface area contributed by atoms with Crippen LogP contribution in [-0.4, -0.2) is 10.2 Å². The molecule has 2 N–H and O–H groups in total. The molecule has 4 aromatic carbocycles. The summed E-state index contributed by atoms with van der Waals surface area (Å²) in [6, 6.07) is 28.6. The molecule has 1 aliphatic carbocycles. The molecule has 154 valence electrons. The number of hydrogen-bond donors (Lipinski definition) is 2. The highest BCUT2D eigenvalue weighted by Crippen LogP contribution is 2.59. The Bertz CT molecular complexity index is 1180. The van der Waals surface area contributed by atoms with E-state index < -0.39 is 5.41 Å². The molecule has 2 heteroatoms. The fourth-order valence-electron chi connectivity index (χ4n) is 5.19. The second-order valence-corrected chi connectivity index (χ2v) is 8.25. The van der Waals surface area contributed by atoms with Gasteiger partial charge in [-0.3, -0.25) is 0 Å². The van der Waals surface area contributed by atoms with E-state index >= 15 is 0 Å². The van der Waals surface area contributed by atoms with Gasteiger partial charge in [0.2, 0.25) is 0 Å². The Balaban J connectivity index is 1.95. The highest BCUT2D eigenvalue weighted by molar-refractivity contribution is 5.87. The molecule has 0 spiro atoms. The van der Waals surface area contributed by atoms with Crippen LogP contribution < -0.4 is 0 Å². The van der Waals surface area contributed by atoms with Gasteiger partial charge in [-0.2, -0.15) is 0 Å². The SMILES string of the molecule is CCc1ccc(C2(c3ccc(CC)cc3O)c3ccccc3-c3ccccc32)c(O)c1. The number of fused-ring (bicyclic) bond motifs is 3. The number of rotatable bonds is 4.